The molecule has 0 aliphatic rings. The molecule has 0 amide bonds. The normalized spacial score (nSPS) is 6.67. The summed E-state index contributed by atoms with van der Waals surface area (Å²) in [6.07, 6.45) is 0. The van der Waals surface area contributed by atoms with E-state index in [1.165, 1.54) is 0 Å². The topological polar surface area (TPSA) is 20.2 Å². The minimum atomic E-state index is 0. The van der Waals surface area contributed by atoms with Crippen LogP contribution in [0.15, 0.2) is 30.3 Å². The average molecular weight is 373 g/mol. The average Bonchev–Trinajstić information content (AvgIpc) is 1.69. The van der Waals surface area contributed by atoms with Crippen LogP contribution in [0.25, 0.3) is 0 Å². The van der Waals surface area contributed by atoms with E-state index in [1.54, 1.807) is 24.3 Å². The van der Waals surface area contributed by atoms with E-state index in [1.807, 2.05) is 6.07 Å². The summed E-state index contributed by atoms with van der Waals surface area (Å²) >= 11 is 0. The minimum Gasteiger partial charge on any atom is 0 e. The van der Waals surface area contributed by atoms with Crippen LogP contribution in [0.4, 0.5) is 0 Å². The molecule has 0 aliphatic heterocycles. The molecule has 0 spiro atoms. The van der Waals surface area contributed by atoms with Gasteiger partial charge >= 0.3 is 18.0 Å². The van der Waals surface area contributed by atoms with E-state index in [0.717, 1.165) is 0 Å². The molecule has 0 radical (unpaired) electrons. The molecule has 1 aromatic rings. The maximum atomic E-state index is 8.63. The Morgan fingerprint density at radius 2 is 1.44 bits per heavy atom. The van der Waals surface area contributed by atoms with Crippen LogP contribution in [0.1, 0.15) is 0 Å². The van der Waals surface area contributed by atoms with E-state index in [0.29, 0.717) is 5.75 Å². The third kappa shape index (κ3) is 4.98. The molecular formula is C6H9AsHgO. The summed E-state index contributed by atoms with van der Waals surface area (Å²) < 4.78 is 0. The zero-order valence-corrected chi connectivity index (χ0v) is 13.7. The number of para-hydroxylation sites is 1. The third-order valence-corrected chi connectivity index (χ3v) is 0.756. The molecule has 9 heavy (non-hydrogen) atoms. The molecule has 0 aliphatic carbocycles. The zero-order valence-electron chi connectivity index (χ0n) is 5.25. The van der Waals surface area contributed by atoms with Gasteiger partial charge < -0.3 is 5.11 Å². The Morgan fingerprint density at radius 1 is 1.00 bits per heavy atom. The van der Waals surface area contributed by atoms with Crippen molar-refractivity contribution < 1.29 is 32.8 Å². The first-order chi connectivity index (χ1) is 3.39. The number of phenols is 1. The van der Waals surface area contributed by atoms with E-state index in [-0.39, 0.29) is 45.6 Å². The molecular weight excluding hydrogens is 364 g/mol. The molecule has 0 saturated carbocycles. The maximum Gasteiger partial charge on any atom is 0 e. The summed E-state index contributed by atoms with van der Waals surface area (Å²) in [6, 6.07) is 8.71. The van der Waals surface area contributed by atoms with E-state index < -0.39 is 0 Å². The summed E-state index contributed by atoms with van der Waals surface area (Å²) in [6.45, 7) is 0. The first-order valence-electron chi connectivity index (χ1n) is 2.13. The Hall–Kier alpha value is 0.514. The van der Waals surface area contributed by atoms with Gasteiger partial charge in [0.1, 0.15) is 5.75 Å². The number of benzene rings is 1. The molecule has 1 unspecified atom stereocenters. The van der Waals surface area contributed by atoms with E-state index in [4.69, 9.17) is 5.11 Å². The van der Waals surface area contributed by atoms with E-state index >= 15 is 0 Å². The van der Waals surface area contributed by atoms with Gasteiger partial charge in [0.2, 0.25) is 0 Å². The second-order valence-electron chi connectivity index (χ2n) is 1.34. The summed E-state index contributed by atoms with van der Waals surface area (Å²) in [5.74, 6) is 0.322. The predicted octanol–water partition coefficient (Wildman–Crippen LogP) is 0.206. The molecule has 0 bridgehead atoms. The number of hydrogen-bond acceptors (Lipinski definition) is 1. The van der Waals surface area contributed by atoms with Crippen LogP contribution < -0.4 is 0 Å². The van der Waals surface area contributed by atoms with Crippen molar-refractivity contribution in [1.82, 2.24) is 0 Å². The quantitative estimate of drug-likeness (QED) is 0.646. The molecule has 0 heterocycles. The molecule has 1 atom stereocenters. The van der Waals surface area contributed by atoms with Crippen molar-refractivity contribution in [2.75, 3.05) is 0 Å². The van der Waals surface area contributed by atoms with Crippen LogP contribution in [0, 0.1) is 0 Å². The summed E-state index contributed by atoms with van der Waals surface area (Å²) in [4.78, 5) is 0. The molecule has 3 heteroatoms. The molecule has 1 N–H and O–H groups in total. The second-order valence-corrected chi connectivity index (χ2v) is 1.34. The second kappa shape index (κ2) is 6.63. The Morgan fingerprint density at radius 3 is 1.67 bits per heavy atom. The molecule has 0 fully saturated rings. The largest absolute Gasteiger partial charge is 0 e. The van der Waals surface area contributed by atoms with Crippen LogP contribution in [0.2, 0.25) is 0 Å². The Labute approximate surface area is 86.3 Å². The molecule has 0 saturated heterocycles. The van der Waals surface area contributed by atoms with Gasteiger partial charge in [-0.05, 0) is 12.1 Å². The summed E-state index contributed by atoms with van der Waals surface area (Å²) in [7, 11) is 0. The molecule has 1 nitrogen and oxygen atoms in total. The van der Waals surface area contributed by atoms with Gasteiger partial charge in [0.25, 0.3) is 0 Å². The van der Waals surface area contributed by atoms with Crippen molar-refractivity contribution in [2.45, 2.75) is 0 Å². The smallest absolute Gasteiger partial charge is 0 e. The fourth-order valence-electron chi connectivity index (χ4n) is 0.428. The van der Waals surface area contributed by atoms with Crippen molar-refractivity contribution in [3.05, 3.63) is 30.3 Å². The van der Waals surface area contributed by atoms with Crippen LogP contribution >= 0.6 is 0 Å². The van der Waals surface area contributed by atoms with Gasteiger partial charge in [-0.2, -0.15) is 0 Å². The number of hydrogen-bond donors (Lipinski definition) is 1. The Kier molecular flexibility index (Phi) is 9.00. The van der Waals surface area contributed by atoms with Gasteiger partial charge in [0.05, 0.1) is 0 Å². The van der Waals surface area contributed by atoms with Crippen LogP contribution in [0.5, 0.6) is 5.75 Å². The monoisotopic (exact) mass is 374 g/mol. The molecule has 46 valence electrons. The zero-order chi connectivity index (χ0) is 5.11. The summed E-state index contributed by atoms with van der Waals surface area (Å²) in [5.41, 5.74) is 0. The minimum absolute atomic E-state index is 0. The van der Waals surface area contributed by atoms with Crippen molar-refractivity contribution in [3.63, 3.8) is 0 Å². The van der Waals surface area contributed by atoms with Gasteiger partial charge in [-0.25, -0.2) is 0 Å². The Balaban J connectivity index is 0. The number of aromatic hydroxyl groups is 1. The van der Waals surface area contributed by atoms with Gasteiger partial charge in [0.15, 0.2) is 0 Å². The van der Waals surface area contributed by atoms with Crippen molar-refractivity contribution in [2.24, 2.45) is 0 Å². The van der Waals surface area contributed by atoms with Crippen LogP contribution in [-0.4, -0.2) is 23.1 Å². The van der Waals surface area contributed by atoms with Gasteiger partial charge in [-0.3, -0.25) is 0 Å². The van der Waals surface area contributed by atoms with E-state index in [2.05, 4.69) is 0 Å². The first-order valence-corrected chi connectivity index (χ1v) is 2.13. The third-order valence-electron chi connectivity index (χ3n) is 0.756. The number of rotatable bonds is 0. The SMILES string of the molecule is Oc1ccccc1.[AsH3].[Hg]. The maximum absolute atomic E-state index is 8.63. The first kappa shape index (κ1) is 12.2. The number of phenolic OH excluding ortho intramolecular Hbond substituents is 1. The Bertz CT molecular complexity index is 143. The van der Waals surface area contributed by atoms with Gasteiger partial charge in [0, 0.05) is 27.7 Å². The molecule has 1 rings (SSSR count). The van der Waals surface area contributed by atoms with Crippen LogP contribution in [-0.2, 0) is 27.7 Å². The van der Waals surface area contributed by atoms with Crippen molar-refractivity contribution in [3.8, 4) is 5.75 Å². The predicted molar refractivity (Wildman–Crippen MR) is 38.0 cm³/mol. The fourth-order valence-corrected chi connectivity index (χ4v) is 0.428. The standard InChI is InChI=1S/C6H6O.AsH3.Hg/c7-6-4-2-1-3-5-6;;/h1-5,7H;1H3;. The van der Waals surface area contributed by atoms with Gasteiger partial charge in [-0.1, -0.05) is 18.2 Å². The fraction of sp³-hybridized carbons (Fsp3) is 0. The molecule has 0 aromatic heterocycles. The van der Waals surface area contributed by atoms with Gasteiger partial charge in [-0.15, -0.1) is 0 Å². The van der Waals surface area contributed by atoms with Crippen molar-refractivity contribution >= 4 is 18.0 Å². The molecule has 1 aromatic carbocycles. The van der Waals surface area contributed by atoms with E-state index in [9.17, 15) is 0 Å². The van der Waals surface area contributed by atoms with Crippen molar-refractivity contribution in [1.29, 1.82) is 0 Å². The van der Waals surface area contributed by atoms with Crippen LogP contribution in [0.3, 0.4) is 0 Å². The summed E-state index contributed by atoms with van der Waals surface area (Å²) in [5, 5.41) is 8.63.